The SMILES string of the molecule is CCC(O)(O)CC.COC1CCC(CO)O1. The van der Waals surface area contributed by atoms with E-state index < -0.39 is 5.79 Å². The van der Waals surface area contributed by atoms with Gasteiger partial charge in [0.2, 0.25) is 0 Å². The van der Waals surface area contributed by atoms with Gasteiger partial charge in [-0.1, -0.05) is 13.8 Å². The molecule has 1 aliphatic rings. The zero-order valence-electron chi connectivity index (χ0n) is 10.3. The molecule has 1 fully saturated rings. The number of rotatable bonds is 4. The normalized spacial score (nSPS) is 25.1. The Morgan fingerprint density at radius 3 is 2.00 bits per heavy atom. The van der Waals surface area contributed by atoms with Gasteiger partial charge in [0.15, 0.2) is 12.1 Å². The van der Waals surface area contributed by atoms with Crippen molar-refractivity contribution < 1.29 is 24.8 Å². The van der Waals surface area contributed by atoms with Crippen LogP contribution in [0, 0.1) is 0 Å². The van der Waals surface area contributed by atoms with Crippen LogP contribution in [0.1, 0.15) is 39.5 Å². The molecule has 1 rings (SSSR count). The second-order valence-electron chi connectivity index (χ2n) is 3.87. The minimum atomic E-state index is -1.42. The number of methoxy groups -OCH3 is 1. The van der Waals surface area contributed by atoms with E-state index in [4.69, 9.17) is 24.8 Å². The fraction of sp³-hybridized carbons (Fsp3) is 1.00. The average molecular weight is 236 g/mol. The van der Waals surface area contributed by atoms with Gasteiger partial charge in [0.05, 0.1) is 12.7 Å². The van der Waals surface area contributed by atoms with Gasteiger partial charge in [-0.25, -0.2) is 0 Å². The van der Waals surface area contributed by atoms with E-state index in [1.54, 1.807) is 21.0 Å². The second kappa shape index (κ2) is 7.97. The highest BCUT2D eigenvalue weighted by Gasteiger charge is 2.23. The first-order valence-corrected chi connectivity index (χ1v) is 5.72. The molecule has 0 aliphatic carbocycles. The Balaban J connectivity index is 0.000000293. The Morgan fingerprint density at radius 2 is 1.81 bits per heavy atom. The van der Waals surface area contributed by atoms with Crippen LogP contribution >= 0.6 is 0 Å². The summed E-state index contributed by atoms with van der Waals surface area (Å²) in [6, 6.07) is 0. The van der Waals surface area contributed by atoms with Crippen molar-refractivity contribution in [2.75, 3.05) is 13.7 Å². The molecule has 0 spiro atoms. The molecule has 5 heteroatoms. The number of hydrogen-bond acceptors (Lipinski definition) is 5. The standard InChI is InChI=1S/C6H12O3.C5H12O2/c1-8-6-3-2-5(4-7)9-6;1-3-5(6,7)4-2/h5-7H,2-4H2,1H3;6-7H,3-4H2,1-2H3. The van der Waals surface area contributed by atoms with Crippen LogP contribution < -0.4 is 0 Å². The van der Waals surface area contributed by atoms with Gasteiger partial charge in [0, 0.05) is 13.5 Å². The van der Waals surface area contributed by atoms with Gasteiger partial charge < -0.3 is 24.8 Å². The van der Waals surface area contributed by atoms with E-state index >= 15 is 0 Å². The average Bonchev–Trinajstić information content (AvgIpc) is 2.77. The lowest BCUT2D eigenvalue weighted by Gasteiger charge is -2.15. The molecule has 2 unspecified atom stereocenters. The summed E-state index contributed by atoms with van der Waals surface area (Å²) in [7, 11) is 1.62. The highest BCUT2D eigenvalue weighted by atomic mass is 16.7. The van der Waals surface area contributed by atoms with E-state index in [9.17, 15) is 0 Å². The van der Waals surface area contributed by atoms with E-state index in [1.807, 2.05) is 0 Å². The third-order valence-corrected chi connectivity index (χ3v) is 2.67. The molecule has 5 nitrogen and oxygen atoms in total. The van der Waals surface area contributed by atoms with Crippen molar-refractivity contribution >= 4 is 0 Å². The van der Waals surface area contributed by atoms with Crippen molar-refractivity contribution in [1.29, 1.82) is 0 Å². The Labute approximate surface area is 97.0 Å². The fourth-order valence-corrected chi connectivity index (χ4v) is 1.23. The van der Waals surface area contributed by atoms with Gasteiger partial charge >= 0.3 is 0 Å². The molecule has 0 aromatic heterocycles. The van der Waals surface area contributed by atoms with Gasteiger partial charge in [0.25, 0.3) is 0 Å². The molecular weight excluding hydrogens is 212 g/mol. The molecule has 1 saturated heterocycles. The van der Waals surface area contributed by atoms with Crippen molar-refractivity contribution in [2.45, 2.75) is 57.7 Å². The van der Waals surface area contributed by atoms with Crippen LogP contribution in [-0.4, -0.2) is 47.2 Å². The zero-order valence-corrected chi connectivity index (χ0v) is 10.3. The Bertz CT molecular complexity index is 156. The summed E-state index contributed by atoms with van der Waals surface area (Å²) in [6.45, 7) is 3.59. The summed E-state index contributed by atoms with van der Waals surface area (Å²) in [5.74, 6) is -1.42. The van der Waals surface area contributed by atoms with Crippen molar-refractivity contribution in [3.05, 3.63) is 0 Å². The molecule has 98 valence electrons. The Morgan fingerprint density at radius 1 is 1.25 bits per heavy atom. The number of ether oxygens (including phenoxy) is 2. The molecule has 0 amide bonds. The number of aliphatic hydroxyl groups excluding tert-OH is 1. The maximum absolute atomic E-state index is 8.69. The molecule has 3 N–H and O–H groups in total. The highest BCUT2D eigenvalue weighted by molar-refractivity contribution is 4.66. The van der Waals surface area contributed by atoms with Gasteiger partial charge in [0.1, 0.15) is 0 Å². The molecule has 1 heterocycles. The Kier molecular flexibility index (Phi) is 7.87. The number of aliphatic hydroxyl groups is 3. The summed E-state index contributed by atoms with van der Waals surface area (Å²) in [5.41, 5.74) is 0. The van der Waals surface area contributed by atoms with Gasteiger partial charge in [-0.2, -0.15) is 0 Å². The molecule has 0 bridgehead atoms. The van der Waals surface area contributed by atoms with Crippen LogP contribution in [0.5, 0.6) is 0 Å². The van der Waals surface area contributed by atoms with E-state index in [2.05, 4.69) is 0 Å². The predicted octanol–water partition coefficient (Wildman–Crippen LogP) is 0.617. The summed E-state index contributed by atoms with van der Waals surface area (Å²) >= 11 is 0. The smallest absolute Gasteiger partial charge is 0.161 e. The van der Waals surface area contributed by atoms with E-state index in [1.165, 1.54) is 0 Å². The molecule has 16 heavy (non-hydrogen) atoms. The maximum atomic E-state index is 8.69. The number of hydrogen-bond donors (Lipinski definition) is 3. The predicted molar refractivity (Wildman–Crippen MR) is 59.7 cm³/mol. The third kappa shape index (κ3) is 6.40. The lowest BCUT2D eigenvalue weighted by atomic mass is 10.2. The van der Waals surface area contributed by atoms with Crippen LogP contribution in [0.2, 0.25) is 0 Å². The topological polar surface area (TPSA) is 79.2 Å². The van der Waals surface area contributed by atoms with E-state index in [-0.39, 0.29) is 19.0 Å². The first-order chi connectivity index (χ1) is 7.49. The van der Waals surface area contributed by atoms with Crippen LogP contribution in [0.15, 0.2) is 0 Å². The second-order valence-corrected chi connectivity index (χ2v) is 3.87. The molecule has 0 aromatic carbocycles. The lowest BCUT2D eigenvalue weighted by molar-refractivity contribution is -0.163. The van der Waals surface area contributed by atoms with Crippen LogP contribution in [-0.2, 0) is 9.47 Å². The quantitative estimate of drug-likeness (QED) is 0.623. The lowest BCUT2D eigenvalue weighted by Crippen LogP contribution is -2.24. The minimum Gasteiger partial charge on any atom is -0.394 e. The van der Waals surface area contributed by atoms with Crippen LogP contribution in [0.25, 0.3) is 0 Å². The third-order valence-electron chi connectivity index (χ3n) is 2.67. The maximum Gasteiger partial charge on any atom is 0.161 e. The van der Waals surface area contributed by atoms with Crippen molar-refractivity contribution in [3.8, 4) is 0 Å². The zero-order chi connectivity index (χ0) is 12.6. The molecule has 0 radical (unpaired) electrons. The minimum absolute atomic E-state index is 0.00921. The van der Waals surface area contributed by atoms with Crippen molar-refractivity contribution in [3.63, 3.8) is 0 Å². The molecule has 0 saturated carbocycles. The van der Waals surface area contributed by atoms with E-state index in [0.29, 0.717) is 12.8 Å². The van der Waals surface area contributed by atoms with Crippen molar-refractivity contribution in [1.82, 2.24) is 0 Å². The Hall–Kier alpha value is -0.200. The summed E-state index contributed by atoms with van der Waals surface area (Å²) < 4.78 is 10.1. The molecule has 2 atom stereocenters. The largest absolute Gasteiger partial charge is 0.394 e. The molecular formula is C11H24O5. The summed E-state index contributed by atoms with van der Waals surface area (Å²) in [6.07, 6.45) is 2.56. The van der Waals surface area contributed by atoms with Gasteiger partial charge in [-0.3, -0.25) is 0 Å². The van der Waals surface area contributed by atoms with Crippen LogP contribution in [0.4, 0.5) is 0 Å². The molecule has 1 aliphatic heterocycles. The highest BCUT2D eigenvalue weighted by Crippen LogP contribution is 2.18. The summed E-state index contributed by atoms with van der Waals surface area (Å²) in [5, 5.41) is 26.0. The molecule has 0 aromatic rings. The first kappa shape index (κ1) is 15.8. The summed E-state index contributed by atoms with van der Waals surface area (Å²) in [4.78, 5) is 0. The van der Waals surface area contributed by atoms with Gasteiger partial charge in [-0.15, -0.1) is 0 Å². The monoisotopic (exact) mass is 236 g/mol. The van der Waals surface area contributed by atoms with Crippen LogP contribution in [0.3, 0.4) is 0 Å². The van der Waals surface area contributed by atoms with Gasteiger partial charge in [-0.05, 0) is 19.3 Å². The first-order valence-electron chi connectivity index (χ1n) is 5.72. The van der Waals surface area contributed by atoms with Crippen molar-refractivity contribution in [2.24, 2.45) is 0 Å². The fourth-order valence-electron chi connectivity index (χ4n) is 1.23. The van der Waals surface area contributed by atoms with E-state index in [0.717, 1.165) is 12.8 Å².